The Bertz CT molecular complexity index is 635. The van der Waals surface area contributed by atoms with Crippen molar-refractivity contribution in [2.45, 2.75) is 13.3 Å². The summed E-state index contributed by atoms with van der Waals surface area (Å²) in [6, 6.07) is 4.88. The van der Waals surface area contributed by atoms with Gasteiger partial charge in [-0.3, -0.25) is 19.3 Å². The predicted octanol–water partition coefficient (Wildman–Crippen LogP) is 1.85. The van der Waals surface area contributed by atoms with E-state index in [2.05, 4.69) is 10.6 Å². The van der Waals surface area contributed by atoms with E-state index in [-0.39, 0.29) is 31.4 Å². The predicted molar refractivity (Wildman–Crippen MR) is 104 cm³/mol. The number of amides is 3. The molecule has 1 rings (SSSR count). The minimum Gasteiger partial charge on any atom is -0.355 e. The lowest BCUT2D eigenvalue weighted by molar-refractivity contribution is -0.134. The summed E-state index contributed by atoms with van der Waals surface area (Å²) in [5.41, 5.74) is 0.311. The first-order chi connectivity index (χ1) is 12.2. The molecule has 0 fully saturated rings. The number of benzene rings is 1. The summed E-state index contributed by atoms with van der Waals surface area (Å²) in [5.74, 6) is -0.841. The van der Waals surface area contributed by atoms with E-state index in [4.69, 9.17) is 23.2 Å². The van der Waals surface area contributed by atoms with Gasteiger partial charge >= 0.3 is 0 Å². The fourth-order valence-corrected chi connectivity index (χ4v) is 2.56. The molecule has 0 heterocycles. The van der Waals surface area contributed by atoms with E-state index in [1.165, 1.54) is 11.9 Å². The third-order valence-electron chi connectivity index (χ3n) is 3.42. The molecule has 0 radical (unpaired) electrons. The number of rotatable bonds is 9. The summed E-state index contributed by atoms with van der Waals surface area (Å²) in [6.07, 6.45) is 0.849. The van der Waals surface area contributed by atoms with Gasteiger partial charge in [0, 0.05) is 13.6 Å². The standard InChI is InChI=1S/C17H24Cl2N4O3/c1-4-8-20-14(24)9-22(2)11-16(26)23(3)10-15(25)21-17-12(18)6-5-7-13(17)19/h5-7H,4,8-11H2,1-3H3,(H,20,24)(H,21,25). The molecular formula is C17H24Cl2N4O3. The van der Waals surface area contributed by atoms with E-state index < -0.39 is 5.91 Å². The molecule has 0 unspecified atom stereocenters. The van der Waals surface area contributed by atoms with Crippen LogP contribution < -0.4 is 10.6 Å². The van der Waals surface area contributed by atoms with Crippen molar-refractivity contribution in [1.82, 2.24) is 15.1 Å². The molecule has 0 bridgehead atoms. The molecule has 0 aliphatic rings. The van der Waals surface area contributed by atoms with Crippen LogP contribution in [0.15, 0.2) is 18.2 Å². The maximum atomic E-state index is 12.2. The molecule has 26 heavy (non-hydrogen) atoms. The van der Waals surface area contributed by atoms with E-state index in [0.717, 1.165) is 6.42 Å². The van der Waals surface area contributed by atoms with E-state index in [0.29, 0.717) is 22.3 Å². The van der Waals surface area contributed by atoms with Gasteiger partial charge in [0.25, 0.3) is 0 Å². The molecule has 0 aromatic heterocycles. The summed E-state index contributed by atoms with van der Waals surface area (Å²) in [5, 5.41) is 5.97. The number of likely N-dealkylation sites (N-methyl/N-ethyl adjacent to an activating group) is 2. The van der Waals surface area contributed by atoms with Crippen LogP contribution in [0.1, 0.15) is 13.3 Å². The third-order valence-corrected chi connectivity index (χ3v) is 4.05. The molecule has 0 saturated carbocycles. The van der Waals surface area contributed by atoms with Crippen LogP contribution in [0.3, 0.4) is 0 Å². The van der Waals surface area contributed by atoms with Crippen LogP contribution in [-0.4, -0.2) is 67.8 Å². The Kier molecular flexibility index (Phi) is 9.40. The zero-order valence-corrected chi connectivity index (χ0v) is 16.7. The lowest BCUT2D eigenvalue weighted by Crippen LogP contribution is -2.43. The highest BCUT2D eigenvalue weighted by Crippen LogP contribution is 2.29. The van der Waals surface area contributed by atoms with E-state index in [1.54, 1.807) is 30.1 Å². The quantitative estimate of drug-likeness (QED) is 0.660. The number of anilines is 1. The van der Waals surface area contributed by atoms with Gasteiger partial charge in [0.15, 0.2) is 0 Å². The number of carbonyl (C=O) groups is 3. The highest BCUT2D eigenvalue weighted by Gasteiger charge is 2.17. The molecule has 0 spiro atoms. The number of halogens is 2. The maximum Gasteiger partial charge on any atom is 0.244 e. The summed E-state index contributed by atoms with van der Waals surface area (Å²) in [6.45, 7) is 2.54. The topological polar surface area (TPSA) is 81.8 Å². The Morgan fingerprint density at radius 3 is 2.19 bits per heavy atom. The third kappa shape index (κ3) is 7.59. The maximum absolute atomic E-state index is 12.2. The Balaban J connectivity index is 2.48. The molecule has 7 nitrogen and oxygen atoms in total. The second-order valence-electron chi connectivity index (χ2n) is 5.92. The number of para-hydroxylation sites is 1. The minimum atomic E-state index is -0.417. The van der Waals surface area contributed by atoms with Gasteiger partial charge in [0.2, 0.25) is 17.7 Å². The number of carbonyl (C=O) groups excluding carboxylic acids is 3. The molecule has 0 aliphatic carbocycles. The number of hydrogen-bond acceptors (Lipinski definition) is 4. The zero-order valence-electron chi connectivity index (χ0n) is 15.1. The van der Waals surface area contributed by atoms with Crippen molar-refractivity contribution in [3.8, 4) is 0 Å². The number of hydrogen-bond donors (Lipinski definition) is 2. The number of nitrogens with one attached hydrogen (secondary N) is 2. The first kappa shape index (κ1) is 22.2. The van der Waals surface area contributed by atoms with Crippen molar-refractivity contribution in [2.75, 3.05) is 45.6 Å². The second-order valence-corrected chi connectivity index (χ2v) is 6.73. The molecule has 1 aromatic carbocycles. The normalized spacial score (nSPS) is 10.5. The van der Waals surface area contributed by atoms with Crippen LogP contribution in [0.2, 0.25) is 10.0 Å². The van der Waals surface area contributed by atoms with Gasteiger partial charge in [-0.25, -0.2) is 0 Å². The van der Waals surface area contributed by atoms with Crippen LogP contribution >= 0.6 is 23.2 Å². The number of nitrogens with zero attached hydrogens (tertiary/aromatic N) is 2. The fourth-order valence-electron chi connectivity index (χ4n) is 2.07. The van der Waals surface area contributed by atoms with Gasteiger partial charge in [-0.15, -0.1) is 0 Å². The molecule has 9 heteroatoms. The Hall–Kier alpha value is -1.83. The van der Waals surface area contributed by atoms with Crippen molar-refractivity contribution >= 4 is 46.6 Å². The molecule has 0 aliphatic heterocycles. The summed E-state index contributed by atoms with van der Waals surface area (Å²) < 4.78 is 0. The first-order valence-electron chi connectivity index (χ1n) is 8.17. The van der Waals surface area contributed by atoms with Gasteiger partial charge in [-0.1, -0.05) is 36.2 Å². The lowest BCUT2D eigenvalue weighted by atomic mass is 10.3. The van der Waals surface area contributed by atoms with Crippen molar-refractivity contribution in [3.63, 3.8) is 0 Å². The van der Waals surface area contributed by atoms with Crippen molar-refractivity contribution < 1.29 is 14.4 Å². The van der Waals surface area contributed by atoms with Gasteiger partial charge in [-0.2, -0.15) is 0 Å². The lowest BCUT2D eigenvalue weighted by Gasteiger charge is -2.21. The van der Waals surface area contributed by atoms with Gasteiger partial charge in [-0.05, 0) is 25.6 Å². The molecule has 0 atom stereocenters. The Morgan fingerprint density at radius 2 is 1.62 bits per heavy atom. The van der Waals surface area contributed by atoms with Gasteiger partial charge in [0.1, 0.15) is 0 Å². The summed E-state index contributed by atoms with van der Waals surface area (Å²) in [4.78, 5) is 38.8. The smallest absolute Gasteiger partial charge is 0.244 e. The molecule has 1 aromatic rings. The molecule has 0 saturated heterocycles. The fraction of sp³-hybridized carbons (Fsp3) is 0.471. The van der Waals surface area contributed by atoms with E-state index in [1.807, 2.05) is 6.92 Å². The molecule has 2 N–H and O–H groups in total. The second kappa shape index (κ2) is 11.0. The van der Waals surface area contributed by atoms with Gasteiger partial charge in [0.05, 0.1) is 35.4 Å². The average Bonchev–Trinajstić information content (AvgIpc) is 2.56. The minimum absolute atomic E-state index is 0.0240. The van der Waals surface area contributed by atoms with Crippen molar-refractivity contribution in [3.05, 3.63) is 28.2 Å². The van der Waals surface area contributed by atoms with Crippen LogP contribution in [-0.2, 0) is 14.4 Å². The average molecular weight is 403 g/mol. The van der Waals surface area contributed by atoms with E-state index in [9.17, 15) is 14.4 Å². The first-order valence-corrected chi connectivity index (χ1v) is 8.93. The molecule has 144 valence electrons. The highest BCUT2D eigenvalue weighted by molar-refractivity contribution is 6.39. The molecule has 3 amide bonds. The van der Waals surface area contributed by atoms with Crippen LogP contribution in [0.25, 0.3) is 0 Å². The largest absolute Gasteiger partial charge is 0.355 e. The highest BCUT2D eigenvalue weighted by atomic mass is 35.5. The Morgan fingerprint density at radius 1 is 1.00 bits per heavy atom. The summed E-state index contributed by atoms with van der Waals surface area (Å²) in [7, 11) is 3.18. The van der Waals surface area contributed by atoms with Crippen molar-refractivity contribution in [2.24, 2.45) is 0 Å². The van der Waals surface area contributed by atoms with Crippen LogP contribution in [0.5, 0.6) is 0 Å². The molecular weight excluding hydrogens is 379 g/mol. The van der Waals surface area contributed by atoms with Crippen LogP contribution in [0.4, 0.5) is 5.69 Å². The van der Waals surface area contributed by atoms with Gasteiger partial charge < -0.3 is 15.5 Å². The van der Waals surface area contributed by atoms with E-state index >= 15 is 0 Å². The SMILES string of the molecule is CCCNC(=O)CN(C)CC(=O)N(C)CC(=O)Nc1c(Cl)cccc1Cl. The van der Waals surface area contributed by atoms with Crippen LogP contribution in [0, 0.1) is 0 Å². The summed E-state index contributed by atoms with van der Waals surface area (Å²) >= 11 is 12.0. The monoisotopic (exact) mass is 402 g/mol. The zero-order chi connectivity index (χ0) is 19.7. The van der Waals surface area contributed by atoms with Crippen molar-refractivity contribution in [1.29, 1.82) is 0 Å². The Labute approximate surface area is 163 Å².